The van der Waals surface area contributed by atoms with Gasteiger partial charge in [-0.05, 0) is 52.7 Å². The molecule has 0 bridgehead atoms. The highest BCUT2D eigenvalue weighted by molar-refractivity contribution is 7.99. The Kier molecular flexibility index (Phi) is 8.83. The first kappa shape index (κ1) is 19.8. The molecule has 0 heterocycles. The van der Waals surface area contributed by atoms with Gasteiger partial charge in [-0.2, -0.15) is 11.8 Å². The Morgan fingerprint density at radius 2 is 2.05 bits per heavy atom. The van der Waals surface area contributed by atoms with Crippen LogP contribution in [0.1, 0.15) is 53.9 Å². The van der Waals surface area contributed by atoms with Crippen molar-refractivity contribution >= 4 is 28.5 Å². The molecule has 0 aliphatic heterocycles. The van der Waals surface area contributed by atoms with Crippen molar-refractivity contribution in [2.45, 2.75) is 69.9 Å². The van der Waals surface area contributed by atoms with Crippen LogP contribution in [0.5, 0.6) is 0 Å². The van der Waals surface area contributed by atoms with E-state index in [2.05, 4.69) is 41.2 Å². The van der Waals surface area contributed by atoms with Crippen molar-refractivity contribution in [3.05, 3.63) is 0 Å². The van der Waals surface area contributed by atoms with Crippen LogP contribution < -0.4 is 10.6 Å². The molecule has 22 heavy (non-hydrogen) atoms. The smallest absolute Gasteiger partial charge is 0.191 e. The first-order valence-electron chi connectivity index (χ1n) is 8.41. The summed E-state index contributed by atoms with van der Waals surface area (Å²) in [6, 6.07) is 0.523. The summed E-state index contributed by atoms with van der Waals surface area (Å²) in [5.41, 5.74) is 0. The van der Waals surface area contributed by atoms with Gasteiger partial charge in [0, 0.05) is 39.1 Å². The summed E-state index contributed by atoms with van der Waals surface area (Å²) < 4.78 is 11.9. The Balaban J connectivity index is 2.44. The van der Waals surface area contributed by atoms with Gasteiger partial charge in [-0.25, -0.2) is 0 Å². The number of rotatable bonds is 7. The summed E-state index contributed by atoms with van der Waals surface area (Å²) in [4.78, 5) is 4.60. The van der Waals surface area contributed by atoms with Crippen molar-refractivity contribution in [1.29, 1.82) is 0 Å². The summed E-state index contributed by atoms with van der Waals surface area (Å²) in [5.74, 6) is 2.70. The summed E-state index contributed by atoms with van der Waals surface area (Å²) >= 11 is 2.07. The number of nitrogens with zero attached hydrogens (tertiary/aromatic N) is 1. The Bertz CT molecular complexity index is 380. The lowest BCUT2D eigenvalue weighted by Crippen LogP contribution is -2.43. The van der Waals surface area contributed by atoms with E-state index < -0.39 is 10.8 Å². The zero-order chi connectivity index (χ0) is 16.6. The fraction of sp³-hybridized carbons (Fsp3) is 0.938. The third kappa shape index (κ3) is 7.36. The molecule has 3 unspecified atom stereocenters. The predicted molar refractivity (Wildman–Crippen MR) is 101 cm³/mol. The first-order chi connectivity index (χ1) is 10.4. The minimum atomic E-state index is -0.836. The molecule has 1 rings (SSSR count). The van der Waals surface area contributed by atoms with Crippen LogP contribution in [0.3, 0.4) is 0 Å². The maximum Gasteiger partial charge on any atom is 0.191 e. The maximum absolute atomic E-state index is 12.1. The third-order valence-corrected chi connectivity index (χ3v) is 6.85. The van der Waals surface area contributed by atoms with Crippen molar-refractivity contribution in [2.24, 2.45) is 4.99 Å². The molecule has 0 aromatic carbocycles. The quantitative estimate of drug-likeness (QED) is 0.549. The van der Waals surface area contributed by atoms with E-state index in [1.165, 1.54) is 25.0 Å². The summed E-state index contributed by atoms with van der Waals surface area (Å²) in [6.07, 6.45) is 3.73. The maximum atomic E-state index is 12.1. The Labute approximate surface area is 143 Å². The minimum absolute atomic E-state index is 0.155. The lowest BCUT2D eigenvalue weighted by molar-refractivity contribution is 0.615. The van der Waals surface area contributed by atoms with Crippen LogP contribution >= 0.6 is 11.8 Å². The third-order valence-electron chi connectivity index (χ3n) is 3.70. The van der Waals surface area contributed by atoms with Crippen LogP contribution in [0.25, 0.3) is 0 Å². The summed E-state index contributed by atoms with van der Waals surface area (Å²) in [5, 5.41) is 7.64. The van der Waals surface area contributed by atoms with E-state index in [-0.39, 0.29) is 4.75 Å². The summed E-state index contributed by atoms with van der Waals surface area (Å²) in [6.45, 7) is 11.8. The highest BCUT2D eigenvalue weighted by Crippen LogP contribution is 2.29. The Hall–Kier alpha value is -0.230. The van der Waals surface area contributed by atoms with E-state index in [9.17, 15) is 4.21 Å². The molecule has 6 heteroatoms. The van der Waals surface area contributed by atoms with Crippen molar-refractivity contribution in [3.63, 3.8) is 0 Å². The van der Waals surface area contributed by atoms with E-state index in [0.717, 1.165) is 17.8 Å². The van der Waals surface area contributed by atoms with Crippen LogP contribution in [0.15, 0.2) is 4.99 Å². The van der Waals surface area contributed by atoms with Gasteiger partial charge in [-0.15, -0.1) is 0 Å². The first-order valence-corrected chi connectivity index (χ1v) is 10.8. The van der Waals surface area contributed by atoms with Gasteiger partial charge in [0.25, 0.3) is 0 Å². The molecule has 2 N–H and O–H groups in total. The molecular formula is C16H33N3OS2. The van der Waals surface area contributed by atoms with E-state index in [1.807, 2.05) is 20.8 Å². The van der Waals surface area contributed by atoms with E-state index in [1.54, 1.807) is 0 Å². The van der Waals surface area contributed by atoms with E-state index in [4.69, 9.17) is 0 Å². The Morgan fingerprint density at radius 1 is 1.32 bits per heavy atom. The number of hydrogen-bond acceptors (Lipinski definition) is 3. The van der Waals surface area contributed by atoms with Crippen molar-refractivity contribution in [1.82, 2.24) is 10.6 Å². The highest BCUT2D eigenvalue weighted by atomic mass is 32.2. The standard InChI is InChI=1S/C16H33N3OS2/c1-6-17-15(18-10-11-22(20)16(3,4)5)19-13-8-9-14(12-13)21-7-2/h13-14H,6-12H2,1-5H3,(H2,17,18,19). The van der Waals surface area contributed by atoms with Crippen LogP contribution in [0, 0.1) is 0 Å². The van der Waals surface area contributed by atoms with Crippen molar-refractivity contribution < 1.29 is 4.21 Å². The van der Waals surface area contributed by atoms with E-state index >= 15 is 0 Å². The molecular weight excluding hydrogens is 314 g/mol. The second kappa shape index (κ2) is 9.81. The van der Waals surface area contributed by atoms with Gasteiger partial charge in [0.2, 0.25) is 0 Å². The molecule has 0 amide bonds. The molecule has 130 valence electrons. The molecule has 0 aromatic heterocycles. The molecule has 1 fully saturated rings. The van der Waals surface area contributed by atoms with Gasteiger partial charge in [0.15, 0.2) is 5.96 Å². The van der Waals surface area contributed by atoms with Gasteiger partial charge in [0.1, 0.15) is 0 Å². The lowest BCUT2D eigenvalue weighted by atomic mass is 10.2. The molecule has 4 nitrogen and oxygen atoms in total. The van der Waals surface area contributed by atoms with Gasteiger partial charge < -0.3 is 10.6 Å². The molecule has 1 aliphatic rings. The average molecular weight is 348 g/mol. The predicted octanol–water partition coefficient (Wildman–Crippen LogP) is 2.76. The molecule has 0 aromatic rings. The minimum Gasteiger partial charge on any atom is -0.357 e. The SMILES string of the molecule is CCNC(=NCCS(=O)C(C)(C)C)NC1CCC(SCC)C1. The zero-order valence-electron chi connectivity index (χ0n) is 14.8. The summed E-state index contributed by atoms with van der Waals surface area (Å²) in [7, 11) is -0.836. The number of guanidine groups is 1. The molecule has 0 saturated heterocycles. The van der Waals surface area contributed by atoms with Crippen molar-refractivity contribution in [2.75, 3.05) is 24.6 Å². The van der Waals surface area contributed by atoms with Crippen LogP contribution in [-0.4, -0.2) is 50.8 Å². The van der Waals surface area contributed by atoms with Crippen molar-refractivity contribution in [3.8, 4) is 0 Å². The largest absolute Gasteiger partial charge is 0.357 e. The van der Waals surface area contributed by atoms with Gasteiger partial charge >= 0.3 is 0 Å². The second-order valence-electron chi connectivity index (χ2n) is 6.65. The fourth-order valence-corrected chi connectivity index (χ4v) is 4.53. The van der Waals surface area contributed by atoms with Gasteiger partial charge in [-0.3, -0.25) is 9.20 Å². The number of aliphatic imine (C=N–C) groups is 1. The number of hydrogen-bond donors (Lipinski definition) is 2. The lowest BCUT2D eigenvalue weighted by Gasteiger charge is -2.19. The van der Waals surface area contributed by atoms with Crippen LogP contribution in [0.4, 0.5) is 0 Å². The fourth-order valence-electron chi connectivity index (χ4n) is 2.52. The number of thioether (sulfide) groups is 1. The Morgan fingerprint density at radius 3 is 2.64 bits per heavy atom. The molecule has 1 aliphatic carbocycles. The van der Waals surface area contributed by atoms with Crippen LogP contribution in [0.2, 0.25) is 0 Å². The van der Waals surface area contributed by atoms with Gasteiger partial charge in [0.05, 0.1) is 6.54 Å². The molecule has 3 atom stereocenters. The molecule has 0 spiro atoms. The average Bonchev–Trinajstić information content (AvgIpc) is 2.85. The topological polar surface area (TPSA) is 53.5 Å². The van der Waals surface area contributed by atoms with Gasteiger partial charge in [-0.1, -0.05) is 6.92 Å². The second-order valence-corrected chi connectivity index (χ2v) is 10.6. The van der Waals surface area contributed by atoms with E-state index in [0.29, 0.717) is 18.3 Å². The molecule has 0 radical (unpaired) electrons. The normalized spacial score (nSPS) is 24.3. The van der Waals surface area contributed by atoms with Crippen LogP contribution in [-0.2, 0) is 10.8 Å². The molecule has 1 saturated carbocycles. The zero-order valence-corrected chi connectivity index (χ0v) is 16.4. The monoisotopic (exact) mass is 347 g/mol. The number of nitrogens with one attached hydrogen (secondary N) is 2. The highest BCUT2D eigenvalue weighted by Gasteiger charge is 2.25.